The Balaban J connectivity index is 1.12. The molecule has 0 aromatic carbocycles. The first-order valence-corrected chi connectivity index (χ1v) is 11.4. The van der Waals surface area contributed by atoms with Gasteiger partial charge in [-0.1, -0.05) is 11.8 Å². The highest BCUT2D eigenvalue weighted by Crippen LogP contribution is 2.32. The van der Waals surface area contributed by atoms with Gasteiger partial charge in [0.25, 0.3) is 11.5 Å². The fraction of sp³-hybridized carbons (Fsp3) is 0.522. The SMILES string of the molecule is O=C1C=C(C#CC2CC(N3CCN(c4cnn(C5CCC(=O)NC5=O)c(=O)c4)CC3)C2)CN1. The lowest BCUT2D eigenvalue weighted by Gasteiger charge is -2.45. The third kappa shape index (κ3) is 4.54. The lowest BCUT2D eigenvalue weighted by molar-refractivity contribution is -0.136. The van der Waals surface area contributed by atoms with Gasteiger partial charge in [-0.2, -0.15) is 5.10 Å². The number of anilines is 1. The molecule has 1 unspecified atom stereocenters. The van der Waals surface area contributed by atoms with E-state index in [2.05, 4.69) is 37.4 Å². The number of piperazine rings is 1. The van der Waals surface area contributed by atoms with E-state index in [0.29, 0.717) is 18.5 Å². The Labute approximate surface area is 191 Å². The number of imide groups is 1. The molecule has 1 atom stereocenters. The molecule has 0 bridgehead atoms. The van der Waals surface area contributed by atoms with Crippen LogP contribution in [0.4, 0.5) is 5.69 Å². The number of carbonyl (C=O) groups is 3. The van der Waals surface area contributed by atoms with Crippen LogP contribution in [0.15, 0.2) is 28.7 Å². The Hall–Kier alpha value is -3.45. The van der Waals surface area contributed by atoms with E-state index in [-0.39, 0.29) is 30.2 Å². The summed E-state index contributed by atoms with van der Waals surface area (Å²) in [6, 6.07) is 1.32. The van der Waals surface area contributed by atoms with Gasteiger partial charge in [-0.15, -0.1) is 0 Å². The van der Waals surface area contributed by atoms with Crippen LogP contribution in [-0.2, 0) is 14.4 Å². The zero-order chi connectivity index (χ0) is 22.9. The second kappa shape index (κ2) is 8.83. The second-order valence-corrected chi connectivity index (χ2v) is 8.97. The molecule has 172 valence electrons. The molecule has 2 N–H and O–H groups in total. The lowest BCUT2D eigenvalue weighted by Crippen LogP contribution is -2.54. The van der Waals surface area contributed by atoms with Gasteiger partial charge in [-0.3, -0.25) is 29.4 Å². The Morgan fingerprint density at radius 3 is 2.52 bits per heavy atom. The monoisotopic (exact) mass is 450 g/mol. The number of nitrogens with zero attached hydrogens (tertiary/aromatic N) is 4. The number of aromatic nitrogens is 2. The molecular formula is C23H26N6O4. The second-order valence-electron chi connectivity index (χ2n) is 8.97. The van der Waals surface area contributed by atoms with Crippen LogP contribution in [0.1, 0.15) is 31.7 Å². The quantitative estimate of drug-likeness (QED) is 0.457. The van der Waals surface area contributed by atoms with E-state index in [0.717, 1.165) is 50.3 Å². The van der Waals surface area contributed by atoms with Gasteiger partial charge in [0, 0.05) is 62.3 Å². The van der Waals surface area contributed by atoms with E-state index in [1.165, 1.54) is 10.7 Å². The number of amides is 3. The van der Waals surface area contributed by atoms with Crippen LogP contribution in [-0.4, -0.2) is 71.2 Å². The van der Waals surface area contributed by atoms with Crippen molar-refractivity contribution >= 4 is 23.4 Å². The molecule has 33 heavy (non-hydrogen) atoms. The molecule has 3 fully saturated rings. The van der Waals surface area contributed by atoms with Crippen molar-refractivity contribution in [3.8, 4) is 11.8 Å². The van der Waals surface area contributed by atoms with Crippen molar-refractivity contribution in [3.63, 3.8) is 0 Å². The van der Waals surface area contributed by atoms with Crippen LogP contribution < -0.4 is 21.1 Å². The molecule has 4 aliphatic rings. The van der Waals surface area contributed by atoms with E-state index >= 15 is 0 Å². The van der Waals surface area contributed by atoms with Crippen molar-refractivity contribution < 1.29 is 14.4 Å². The molecule has 0 spiro atoms. The summed E-state index contributed by atoms with van der Waals surface area (Å²) in [5, 5.41) is 9.23. The van der Waals surface area contributed by atoms with Gasteiger partial charge >= 0.3 is 0 Å². The number of rotatable bonds is 3. The van der Waals surface area contributed by atoms with Crippen molar-refractivity contribution in [2.75, 3.05) is 37.6 Å². The minimum atomic E-state index is -0.738. The zero-order valence-electron chi connectivity index (χ0n) is 18.2. The molecule has 2 saturated heterocycles. The summed E-state index contributed by atoms with van der Waals surface area (Å²) in [4.78, 5) is 51.8. The average molecular weight is 450 g/mol. The van der Waals surface area contributed by atoms with Gasteiger partial charge in [0.15, 0.2) is 0 Å². The minimum Gasteiger partial charge on any atom is -0.368 e. The van der Waals surface area contributed by atoms with Crippen LogP contribution in [0.2, 0.25) is 0 Å². The maximum Gasteiger partial charge on any atom is 0.269 e. The molecular weight excluding hydrogens is 424 g/mol. The summed E-state index contributed by atoms with van der Waals surface area (Å²) >= 11 is 0. The molecule has 0 radical (unpaired) electrons. The number of hydrogen-bond acceptors (Lipinski definition) is 7. The van der Waals surface area contributed by atoms with Gasteiger partial charge in [0.2, 0.25) is 11.8 Å². The first kappa shape index (κ1) is 21.4. The minimum absolute atomic E-state index is 0.0628. The topological polar surface area (TPSA) is 117 Å². The summed E-state index contributed by atoms with van der Waals surface area (Å²) in [6.45, 7) is 3.96. The van der Waals surface area contributed by atoms with Gasteiger partial charge in [-0.25, -0.2) is 4.68 Å². The van der Waals surface area contributed by atoms with E-state index in [1.807, 2.05) is 0 Å². The van der Waals surface area contributed by atoms with Gasteiger partial charge in [0.05, 0.1) is 18.4 Å². The normalized spacial score (nSPS) is 27.8. The summed E-state index contributed by atoms with van der Waals surface area (Å²) in [5.74, 6) is 5.94. The lowest BCUT2D eigenvalue weighted by atomic mass is 9.79. The standard InChI is InChI=1S/C23H26N6O4/c30-20-4-3-19(23(33)26-20)29-22(32)12-18(14-25-29)28-7-5-27(6-8-28)17-9-15(10-17)1-2-16-11-21(31)24-13-16/h11-12,14-15,17,19H,3-10,13H2,(H,24,31)(H,26,30,33). The predicted molar refractivity (Wildman–Crippen MR) is 119 cm³/mol. The highest BCUT2D eigenvalue weighted by molar-refractivity contribution is 5.99. The summed E-state index contributed by atoms with van der Waals surface area (Å²) in [6.07, 6.45) is 5.79. The van der Waals surface area contributed by atoms with Crippen molar-refractivity contribution in [3.05, 3.63) is 34.3 Å². The maximum absolute atomic E-state index is 12.6. The highest BCUT2D eigenvalue weighted by atomic mass is 16.2. The fourth-order valence-corrected chi connectivity index (χ4v) is 4.80. The van der Waals surface area contributed by atoms with E-state index in [9.17, 15) is 19.2 Å². The van der Waals surface area contributed by atoms with Crippen LogP contribution in [0, 0.1) is 17.8 Å². The predicted octanol–water partition coefficient (Wildman–Crippen LogP) is -0.819. The number of carbonyl (C=O) groups excluding carboxylic acids is 3. The Kier molecular flexibility index (Phi) is 5.72. The van der Waals surface area contributed by atoms with Crippen LogP contribution >= 0.6 is 0 Å². The Morgan fingerprint density at radius 2 is 1.85 bits per heavy atom. The van der Waals surface area contributed by atoms with Gasteiger partial charge in [-0.05, 0) is 19.3 Å². The van der Waals surface area contributed by atoms with Gasteiger partial charge in [0.1, 0.15) is 6.04 Å². The Bertz CT molecular complexity index is 1130. The maximum atomic E-state index is 12.6. The number of nitrogens with one attached hydrogen (secondary N) is 2. The molecule has 3 aliphatic heterocycles. The Morgan fingerprint density at radius 1 is 1.06 bits per heavy atom. The van der Waals surface area contributed by atoms with Crippen molar-refractivity contribution in [2.45, 2.75) is 37.8 Å². The first-order chi connectivity index (χ1) is 16.0. The molecule has 1 aromatic rings. The molecule has 10 heteroatoms. The molecule has 1 aliphatic carbocycles. The van der Waals surface area contributed by atoms with E-state index in [1.54, 1.807) is 12.3 Å². The molecule has 1 aromatic heterocycles. The smallest absolute Gasteiger partial charge is 0.269 e. The molecule has 3 amide bonds. The third-order valence-electron chi connectivity index (χ3n) is 6.82. The highest BCUT2D eigenvalue weighted by Gasteiger charge is 2.34. The first-order valence-electron chi connectivity index (χ1n) is 11.4. The molecule has 4 heterocycles. The molecule has 5 rings (SSSR count). The van der Waals surface area contributed by atoms with Crippen LogP contribution in [0.3, 0.4) is 0 Å². The van der Waals surface area contributed by atoms with Crippen LogP contribution in [0.5, 0.6) is 0 Å². The van der Waals surface area contributed by atoms with Crippen molar-refractivity contribution in [1.82, 2.24) is 25.3 Å². The zero-order valence-corrected chi connectivity index (χ0v) is 18.2. The summed E-state index contributed by atoms with van der Waals surface area (Å²) in [5.41, 5.74) is 1.29. The van der Waals surface area contributed by atoms with E-state index < -0.39 is 11.9 Å². The van der Waals surface area contributed by atoms with Crippen molar-refractivity contribution in [1.29, 1.82) is 0 Å². The largest absolute Gasteiger partial charge is 0.368 e. The fourth-order valence-electron chi connectivity index (χ4n) is 4.80. The van der Waals surface area contributed by atoms with Crippen LogP contribution in [0.25, 0.3) is 0 Å². The summed E-state index contributed by atoms with van der Waals surface area (Å²) in [7, 11) is 0. The van der Waals surface area contributed by atoms with E-state index in [4.69, 9.17) is 0 Å². The number of hydrogen-bond donors (Lipinski definition) is 2. The average Bonchev–Trinajstić information content (AvgIpc) is 3.19. The van der Waals surface area contributed by atoms with Gasteiger partial charge < -0.3 is 10.2 Å². The third-order valence-corrected chi connectivity index (χ3v) is 6.82. The number of piperidine rings is 1. The molecule has 1 saturated carbocycles. The summed E-state index contributed by atoms with van der Waals surface area (Å²) < 4.78 is 1.17. The molecule has 10 nitrogen and oxygen atoms in total. The van der Waals surface area contributed by atoms with Crippen molar-refractivity contribution in [2.24, 2.45) is 5.92 Å².